The highest BCUT2D eigenvalue weighted by Crippen LogP contribution is 2.31. The zero-order valence-corrected chi connectivity index (χ0v) is 11.4. The highest BCUT2D eigenvalue weighted by atomic mass is 35.5. The third-order valence-electron chi connectivity index (χ3n) is 3.29. The van der Waals surface area contributed by atoms with Crippen molar-refractivity contribution >= 4 is 23.3 Å². The maximum absolute atomic E-state index is 10.9. The zero-order chi connectivity index (χ0) is 14.0. The molecule has 1 heterocycles. The average molecular weight is 282 g/mol. The van der Waals surface area contributed by atoms with Gasteiger partial charge >= 0.3 is 6.09 Å². The number of aliphatic hydroxyl groups excluding tert-OH is 1. The number of halogens is 1. The first kappa shape index (κ1) is 13.9. The molecule has 0 radical (unpaired) electrons. The predicted molar refractivity (Wildman–Crippen MR) is 74.3 cm³/mol. The number of hydrogen-bond acceptors (Lipinski definition) is 2. The Hall–Kier alpha value is -1.52. The van der Waals surface area contributed by atoms with Crippen LogP contribution in [0.5, 0.6) is 0 Å². The number of benzene rings is 1. The lowest BCUT2D eigenvalue weighted by molar-refractivity contribution is 0.150. The van der Waals surface area contributed by atoms with E-state index in [4.69, 9.17) is 16.7 Å². The molecule has 0 spiro atoms. The maximum atomic E-state index is 10.9. The summed E-state index contributed by atoms with van der Waals surface area (Å²) in [5, 5.41) is 19.3. The average Bonchev–Trinajstić information content (AvgIpc) is 2.38. The lowest BCUT2D eigenvalue weighted by Crippen LogP contribution is -2.33. The van der Waals surface area contributed by atoms with Gasteiger partial charge in [0.15, 0.2) is 0 Å². The van der Waals surface area contributed by atoms with Gasteiger partial charge < -0.3 is 15.1 Å². The van der Waals surface area contributed by atoms with Gasteiger partial charge in [0.05, 0.1) is 6.10 Å². The van der Waals surface area contributed by atoms with Gasteiger partial charge in [-0.25, -0.2) is 4.79 Å². The SMILES string of the molecule is C[C@@H](O)c1cc(Cl)ccc1C1=CCN(C(=O)O)CC1. The number of hydrogen-bond donors (Lipinski definition) is 2. The quantitative estimate of drug-likeness (QED) is 0.875. The number of carboxylic acid groups (broad SMARTS) is 1. The van der Waals surface area contributed by atoms with Crippen LogP contribution in [-0.2, 0) is 0 Å². The molecular formula is C14H16ClNO3. The van der Waals surface area contributed by atoms with Gasteiger partial charge in [-0.2, -0.15) is 0 Å². The van der Waals surface area contributed by atoms with Gasteiger partial charge in [0.1, 0.15) is 0 Å². The molecule has 1 atom stereocenters. The molecule has 0 aromatic heterocycles. The Morgan fingerprint density at radius 3 is 2.74 bits per heavy atom. The van der Waals surface area contributed by atoms with E-state index in [2.05, 4.69) is 0 Å². The van der Waals surface area contributed by atoms with Crippen molar-refractivity contribution in [2.45, 2.75) is 19.4 Å². The van der Waals surface area contributed by atoms with Crippen molar-refractivity contribution in [3.63, 3.8) is 0 Å². The van der Waals surface area contributed by atoms with Crippen LogP contribution < -0.4 is 0 Å². The predicted octanol–water partition coefficient (Wildman–Crippen LogP) is 3.16. The van der Waals surface area contributed by atoms with E-state index in [-0.39, 0.29) is 0 Å². The summed E-state index contributed by atoms with van der Waals surface area (Å²) in [5.74, 6) is 0. The van der Waals surface area contributed by atoms with Crippen LogP contribution in [0.3, 0.4) is 0 Å². The van der Waals surface area contributed by atoms with Crippen molar-refractivity contribution in [3.8, 4) is 0 Å². The summed E-state index contributed by atoms with van der Waals surface area (Å²) >= 11 is 5.95. The Kier molecular flexibility index (Phi) is 4.12. The molecule has 1 aromatic carbocycles. The van der Waals surface area contributed by atoms with Crippen LogP contribution in [0.25, 0.3) is 5.57 Å². The number of aliphatic hydroxyl groups is 1. The molecule has 1 aliphatic rings. The van der Waals surface area contributed by atoms with Crippen molar-refractivity contribution in [1.29, 1.82) is 0 Å². The molecular weight excluding hydrogens is 266 g/mol. The Bertz CT molecular complexity index is 525. The van der Waals surface area contributed by atoms with Crippen molar-refractivity contribution < 1.29 is 15.0 Å². The van der Waals surface area contributed by atoms with Crippen LogP contribution in [-0.4, -0.2) is 34.3 Å². The van der Waals surface area contributed by atoms with E-state index in [0.717, 1.165) is 16.7 Å². The fourth-order valence-corrected chi connectivity index (χ4v) is 2.44. The largest absolute Gasteiger partial charge is 0.465 e. The van der Waals surface area contributed by atoms with E-state index in [1.165, 1.54) is 4.90 Å². The molecule has 0 fully saturated rings. The van der Waals surface area contributed by atoms with E-state index in [1.807, 2.05) is 12.1 Å². The Morgan fingerprint density at radius 1 is 1.47 bits per heavy atom. The number of carbonyl (C=O) groups is 1. The Labute approximate surface area is 116 Å². The Balaban J connectivity index is 2.31. The van der Waals surface area contributed by atoms with E-state index in [1.54, 1.807) is 19.1 Å². The highest BCUT2D eigenvalue weighted by Gasteiger charge is 2.19. The molecule has 1 aromatic rings. The molecule has 0 bridgehead atoms. The maximum Gasteiger partial charge on any atom is 0.407 e. The minimum Gasteiger partial charge on any atom is -0.465 e. The van der Waals surface area contributed by atoms with E-state index in [9.17, 15) is 9.90 Å². The van der Waals surface area contributed by atoms with Crippen LogP contribution in [0.2, 0.25) is 5.02 Å². The molecule has 4 nitrogen and oxygen atoms in total. The molecule has 5 heteroatoms. The van der Waals surface area contributed by atoms with E-state index in [0.29, 0.717) is 24.5 Å². The lowest BCUT2D eigenvalue weighted by atomic mass is 9.93. The minimum atomic E-state index is -0.901. The lowest BCUT2D eigenvalue weighted by Gasteiger charge is -2.25. The van der Waals surface area contributed by atoms with E-state index >= 15 is 0 Å². The summed E-state index contributed by atoms with van der Waals surface area (Å²) in [6.45, 7) is 2.55. The van der Waals surface area contributed by atoms with Crippen LogP contribution in [0.15, 0.2) is 24.3 Å². The topological polar surface area (TPSA) is 60.8 Å². The normalized spacial score (nSPS) is 17.0. The van der Waals surface area contributed by atoms with Crippen molar-refractivity contribution in [1.82, 2.24) is 4.90 Å². The third kappa shape index (κ3) is 3.08. The zero-order valence-electron chi connectivity index (χ0n) is 10.6. The monoisotopic (exact) mass is 281 g/mol. The Morgan fingerprint density at radius 2 is 2.21 bits per heavy atom. The van der Waals surface area contributed by atoms with E-state index < -0.39 is 12.2 Å². The van der Waals surface area contributed by atoms with Gasteiger partial charge in [0.2, 0.25) is 0 Å². The summed E-state index contributed by atoms with van der Waals surface area (Å²) in [6, 6.07) is 5.42. The first-order chi connectivity index (χ1) is 8.99. The second kappa shape index (κ2) is 5.63. The fourth-order valence-electron chi connectivity index (χ4n) is 2.26. The first-order valence-corrected chi connectivity index (χ1v) is 6.51. The summed E-state index contributed by atoms with van der Waals surface area (Å²) in [5.41, 5.74) is 2.79. The third-order valence-corrected chi connectivity index (χ3v) is 3.52. The smallest absolute Gasteiger partial charge is 0.407 e. The van der Waals surface area contributed by atoms with Gasteiger partial charge in [-0.1, -0.05) is 23.7 Å². The van der Waals surface area contributed by atoms with Crippen molar-refractivity contribution in [2.75, 3.05) is 13.1 Å². The molecule has 2 rings (SSSR count). The molecule has 0 unspecified atom stereocenters. The second-order valence-electron chi connectivity index (χ2n) is 4.62. The standard InChI is InChI=1S/C14H16ClNO3/c1-9(17)13-8-11(15)2-3-12(13)10-4-6-16(7-5-10)14(18)19/h2-4,8-9,17H,5-7H2,1H3,(H,18,19)/t9-/m1/s1. The summed E-state index contributed by atoms with van der Waals surface area (Å²) in [6.07, 6.45) is 1.04. The van der Waals surface area contributed by atoms with Crippen molar-refractivity contribution in [2.24, 2.45) is 0 Å². The first-order valence-electron chi connectivity index (χ1n) is 6.14. The van der Waals surface area contributed by atoms with Gasteiger partial charge in [-0.15, -0.1) is 0 Å². The van der Waals surface area contributed by atoms with Gasteiger partial charge in [-0.05, 0) is 42.2 Å². The molecule has 2 N–H and O–H groups in total. The molecule has 1 aliphatic heterocycles. The van der Waals surface area contributed by atoms with Crippen LogP contribution in [0.1, 0.15) is 30.6 Å². The van der Waals surface area contributed by atoms with Crippen LogP contribution in [0, 0.1) is 0 Å². The molecule has 1 amide bonds. The molecule has 0 saturated carbocycles. The number of amides is 1. The second-order valence-corrected chi connectivity index (χ2v) is 5.05. The van der Waals surface area contributed by atoms with Crippen molar-refractivity contribution in [3.05, 3.63) is 40.4 Å². The molecule has 0 saturated heterocycles. The molecule has 102 valence electrons. The summed E-state index contributed by atoms with van der Waals surface area (Å²) in [7, 11) is 0. The van der Waals surface area contributed by atoms with Crippen LogP contribution >= 0.6 is 11.6 Å². The summed E-state index contributed by atoms with van der Waals surface area (Å²) < 4.78 is 0. The number of rotatable bonds is 2. The highest BCUT2D eigenvalue weighted by molar-refractivity contribution is 6.30. The molecule has 0 aliphatic carbocycles. The number of nitrogens with zero attached hydrogens (tertiary/aromatic N) is 1. The minimum absolute atomic E-state index is 0.381. The molecule has 19 heavy (non-hydrogen) atoms. The van der Waals surface area contributed by atoms with Gasteiger partial charge in [0.25, 0.3) is 0 Å². The van der Waals surface area contributed by atoms with Gasteiger partial charge in [-0.3, -0.25) is 0 Å². The van der Waals surface area contributed by atoms with Gasteiger partial charge in [0, 0.05) is 18.1 Å². The summed E-state index contributed by atoms with van der Waals surface area (Å²) in [4.78, 5) is 12.2. The van der Waals surface area contributed by atoms with Crippen LogP contribution in [0.4, 0.5) is 4.79 Å². The fraction of sp³-hybridized carbons (Fsp3) is 0.357.